The van der Waals surface area contributed by atoms with Crippen LogP contribution in [-0.2, 0) is 28.6 Å². The van der Waals surface area contributed by atoms with E-state index in [-0.39, 0.29) is 44.0 Å². The molecule has 0 rings (SSSR count). The number of allylic oxidation sites excluding steroid dienone is 18. The van der Waals surface area contributed by atoms with Gasteiger partial charge in [0.05, 0.1) is 0 Å². The Morgan fingerprint density at radius 3 is 0.986 bits per heavy atom. The van der Waals surface area contributed by atoms with E-state index in [2.05, 4.69) is 118 Å². The van der Waals surface area contributed by atoms with Gasteiger partial charge in [-0.25, -0.2) is 0 Å². The van der Waals surface area contributed by atoms with E-state index in [0.717, 1.165) is 83.5 Å². The quantitative estimate of drug-likeness (QED) is 0.0261. The number of carbonyl (C=O) groups is 3. The van der Waals surface area contributed by atoms with E-state index in [4.69, 9.17) is 14.2 Å². The van der Waals surface area contributed by atoms with Crippen LogP contribution in [0.1, 0.15) is 265 Å². The summed E-state index contributed by atoms with van der Waals surface area (Å²) < 4.78 is 16.7. The Labute approximate surface area is 438 Å². The van der Waals surface area contributed by atoms with Crippen LogP contribution in [0.3, 0.4) is 0 Å². The maximum atomic E-state index is 12.8. The van der Waals surface area contributed by atoms with Crippen LogP contribution in [0.4, 0.5) is 0 Å². The first-order valence-electron chi connectivity index (χ1n) is 29.4. The summed E-state index contributed by atoms with van der Waals surface area (Å²) in [5.41, 5.74) is 0. The summed E-state index contributed by atoms with van der Waals surface area (Å²) in [7, 11) is 0. The minimum absolute atomic E-state index is 0.118. The van der Waals surface area contributed by atoms with Gasteiger partial charge in [-0.15, -0.1) is 0 Å². The van der Waals surface area contributed by atoms with Crippen molar-refractivity contribution in [2.24, 2.45) is 0 Å². The molecule has 71 heavy (non-hydrogen) atoms. The lowest BCUT2D eigenvalue weighted by Gasteiger charge is -2.18. The zero-order valence-electron chi connectivity index (χ0n) is 46.2. The molecule has 0 amide bonds. The lowest BCUT2D eigenvalue weighted by Crippen LogP contribution is -2.30. The average Bonchev–Trinajstić information content (AvgIpc) is 3.37. The van der Waals surface area contributed by atoms with Gasteiger partial charge in [0.1, 0.15) is 13.2 Å². The molecule has 404 valence electrons. The molecule has 0 aliphatic rings. The van der Waals surface area contributed by atoms with Gasteiger partial charge in [-0.2, -0.15) is 0 Å². The third-order valence-electron chi connectivity index (χ3n) is 12.3. The number of unbranched alkanes of at least 4 members (excludes halogenated alkanes) is 23. The maximum Gasteiger partial charge on any atom is 0.306 e. The molecule has 0 N–H and O–H groups in total. The lowest BCUT2D eigenvalue weighted by atomic mass is 10.0. The molecule has 0 radical (unpaired) electrons. The Balaban J connectivity index is 4.36. The Morgan fingerprint density at radius 2 is 0.577 bits per heavy atom. The predicted octanol–water partition coefficient (Wildman–Crippen LogP) is 19.9. The number of rotatable bonds is 52. The van der Waals surface area contributed by atoms with Crippen LogP contribution in [0.2, 0.25) is 0 Å². The van der Waals surface area contributed by atoms with E-state index in [1.165, 1.54) is 128 Å². The second kappa shape index (κ2) is 58.6. The Hall–Kier alpha value is -3.93. The zero-order valence-corrected chi connectivity index (χ0v) is 46.2. The molecule has 6 heteroatoms. The Kier molecular flexibility index (Phi) is 55.4. The van der Waals surface area contributed by atoms with E-state index >= 15 is 0 Å². The highest BCUT2D eigenvalue weighted by molar-refractivity contribution is 5.71. The summed E-state index contributed by atoms with van der Waals surface area (Å²) in [5.74, 6) is -1.04. The fraction of sp³-hybridized carbons (Fsp3) is 0.677. The van der Waals surface area contributed by atoms with Gasteiger partial charge in [0.2, 0.25) is 0 Å². The summed E-state index contributed by atoms with van der Waals surface area (Å²) in [5, 5.41) is 0. The highest BCUT2D eigenvalue weighted by Crippen LogP contribution is 2.15. The molecule has 0 aliphatic carbocycles. The largest absolute Gasteiger partial charge is 0.462 e. The molecule has 0 aliphatic heterocycles. The molecule has 6 nitrogen and oxygen atoms in total. The predicted molar refractivity (Wildman–Crippen MR) is 307 cm³/mol. The van der Waals surface area contributed by atoms with Gasteiger partial charge in [-0.05, 0) is 109 Å². The number of esters is 3. The van der Waals surface area contributed by atoms with Gasteiger partial charge in [-0.1, -0.05) is 246 Å². The van der Waals surface area contributed by atoms with E-state index in [1.54, 1.807) is 0 Å². The molecular formula is C65H108O6. The SMILES string of the molecule is CC/C=C\C/C=C\C/C=C\C/C=C\CCCCC(=O)OC(COC(=O)CC/C=C\C/C=C\C/C=C\C/C=C\CC)COC(=O)CCCCCCCCCCCCCCC/C=C\CCCCCCCCCC. The van der Waals surface area contributed by atoms with Crippen molar-refractivity contribution >= 4 is 17.9 Å². The monoisotopic (exact) mass is 985 g/mol. The minimum atomic E-state index is -0.830. The maximum absolute atomic E-state index is 12.8. The lowest BCUT2D eigenvalue weighted by molar-refractivity contribution is -0.166. The Morgan fingerprint density at radius 1 is 0.296 bits per heavy atom. The van der Waals surface area contributed by atoms with E-state index in [0.29, 0.717) is 19.3 Å². The number of ether oxygens (including phenoxy) is 3. The topological polar surface area (TPSA) is 78.9 Å². The van der Waals surface area contributed by atoms with E-state index in [1.807, 2.05) is 12.2 Å². The normalized spacial score (nSPS) is 12.9. The number of hydrogen-bond donors (Lipinski definition) is 0. The third-order valence-corrected chi connectivity index (χ3v) is 12.3. The van der Waals surface area contributed by atoms with Crippen LogP contribution in [0.5, 0.6) is 0 Å². The van der Waals surface area contributed by atoms with Crippen molar-refractivity contribution in [3.05, 3.63) is 109 Å². The molecular weight excluding hydrogens is 877 g/mol. The molecule has 1 unspecified atom stereocenters. The summed E-state index contributed by atoms with van der Waals surface area (Å²) in [6, 6.07) is 0. The van der Waals surface area contributed by atoms with Crippen LogP contribution >= 0.6 is 0 Å². The number of carbonyl (C=O) groups excluding carboxylic acids is 3. The van der Waals surface area contributed by atoms with Gasteiger partial charge < -0.3 is 14.2 Å². The van der Waals surface area contributed by atoms with E-state index < -0.39 is 6.10 Å². The van der Waals surface area contributed by atoms with Crippen molar-refractivity contribution in [3.8, 4) is 0 Å². The molecule has 0 spiro atoms. The molecule has 0 aromatic heterocycles. The summed E-state index contributed by atoms with van der Waals surface area (Å²) in [6.45, 7) is 6.31. The van der Waals surface area contributed by atoms with Gasteiger partial charge in [0, 0.05) is 19.3 Å². The molecule has 0 aromatic rings. The molecule has 0 aromatic carbocycles. The Bertz CT molecular complexity index is 1460. The first-order valence-corrected chi connectivity index (χ1v) is 29.4. The summed E-state index contributed by atoms with van der Waals surface area (Å²) in [4.78, 5) is 38.1. The molecule has 1 atom stereocenters. The van der Waals surface area contributed by atoms with Crippen molar-refractivity contribution in [2.75, 3.05) is 13.2 Å². The van der Waals surface area contributed by atoms with Crippen LogP contribution in [0.25, 0.3) is 0 Å². The van der Waals surface area contributed by atoms with Crippen LogP contribution in [0, 0.1) is 0 Å². The van der Waals surface area contributed by atoms with Gasteiger partial charge in [0.25, 0.3) is 0 Å². The summed E-state index contributed by atoms with van der Waals surface area (Å²) in [6.07, 6.45) is 79.8. The molecule has 0 bridgehead atoms. The minimum Gasteiger partial charge on any atom is -0.462 e. The zero-order chi connectivity index (χ0) is 51.4. The van der Waals surface area contributed by atoms with Crippen LogP contribution in [0.15, 0.2) is 109 Å². The fourth-order valence-electron chi connectivity index (χ4n) is 7.91. The van der Waals surface area contributed by atoms with Crippen molar-refractivity contribution in [1.29, 1.82) is 0 Å². The van der Waals surface area contributed by atoms with Crippen molar-refractivity contribution in [3.63, 3.8) is 0 Å². The fourth-order valence-corrected chi connectivity index (χ4v) is 7.91. The van der Waals surface area contributed by atoms with Crippen molar-refractivity contribution in [1.82, 2.24) is 0 Å². The van der Waals surface area contributed by atoms with Gasteiger partial charge >= 0.3 is 17.9 Å². The molecule has 0 saturated heterocycles. The van der Waals surface area contributed by atoms with Crippen molar-refractivity contribution in [2.45, 2.75) is 271 Å². The van der Waals surface area contributed by atoms with Gasteiger partial charge in [-0.3, -0.25) is 14.4 Å². The second-order valence-electron chi connectivity index (χ2n) is 19.1. The van der Waals surface area contributed by atoms with Crippen LogP contribution in [-0.4, -0.2) is 37.2 Å². The number of hydrogen-bond acceptors (Lipinski definition) is 6. The molecule has 0 saturated carbocycles. The molecule has 0 heterocycles. The first kappa shape index (κ1) is 67.1. The third kappa shape index (κ3) is 56.9. The highest BCUT2D eigenvalue weighted by Gasteiger charge is 2.19. The van der Waals surface area contributed by atoms with E-state index in [9.17, 15) is 14.4 Å². The average molecular weight is 986 g/mol. The molecule has 0 fully saturated rings. The first-order chi connectivity index (χ1) is 35.0. The van der Waals surface area contributed by atoms with Crippen molar-refractivity contribution < 1.29 is 28.6 Å². The second-order valence-corrected chi connectivity index (χ2v) is 19.1. The highest BCUT2D eigenvalue weighted by atomic mass is 16.6. The smallest absolute Gasteiger partial charge is 0.306 e. The standard InChI is InChI=1S/C65H108O6/c1-4-7-10-13-16-19-22-25-27-28-29-30-31-32-33-34-35-36-38-40-43-46-49-52-55-58-64(67)70-61-62(60-69-63(66)57-54-51-48-45-42-39-24-21-18-15-12-9-6-3)71-65(68)59-56-53-50-47-44-41-37-26-23-20-17-14-11-8-5-2/h8-9,11-12,17-18,20-21,26,28-29,37,39,42,44,47-48,51,62H,4-7,10,13-16,19,22-25,27,30-36,38,40-41,43,45-46,49-50,52-61H2,1-3H3/b11-8-,12-9-,20-17-,21-18-,29-28-,37-26-,42-39-,47-44-,51-48-. The summed E-state index contributed by atoms with van der Waals surface area (Å²) >= 11 is 0. The van der Waals surface area contributed by atoms with Crippen LogP contribution < -0.4 is 0 Å². The van der Waals surface area contributed by atoms with Gasteiger partial charge in [0.15, 0.2) is 6.10 Å².